The summed E-state index contributed by atoms with van der Waals surface area (Å²) in [7, 11) is 3.78. The summed E-state index contributed by atoms with van der Waals surface area (Å²) in [5.74, 6) is 0.726. The van der Waals surface area contributed by atoms with Gasteiger partial charge in [0.25, 0.3) is 5.56 Å². The predicted molar refractivity (Wildman–Crippen MR) is 107 cm³/mol. The summed E-state index contributed by atoms with van der Waals surface area (Å²) in [6.45, 7) is 3.12. The maximum atomic E-state index is 12.3. The highest BCUT2D eigenvalue weighted by Crippen LogP contribution is 2.21. The number of aryl methyl sites for hydroxylation is 2. The quantitative estimate of drug-likeness (QED) is 0.665. The molecule has 0 saturated carbocycles. The molecule has 2 aromatic heterocycles. The summed E-state index contributed by atoms with van der Waals surface area (Å²) in [5, 5.41) is 0. The fourth-order valence-electron chi connectivity index (χ4n) is 2.97. The maximum absolute atomic E-state index is 12.3. The number of imidazole rings is 1. The number of hydrogen-bond acceptors (Lipinski definition) is 4. The minimum absolute atomic E-state index is 0.399. The number of aromatic amines is 1. The van der Waals surface area contributed by atoms with Crippen LogP contribution in [0.3, 0.4) is 0 Å². The standard InChI is InChI=1S/C18H22BrN5O2/c1-4-5-9-24-16-15(17(25)21-18(24)26)23(3)14(20-16)11-22(2)13-8-6-7-12(19)10-13/h6-8,10H,4-5,9,11H2,1-3H3,(H,21,25,26). The van der Waals surface area contributed by atoms with Gasteiger partial charge < -0.3 is 9.47 Å². The van der Waals surface area contributed by atoms with E-state index in [1.807, 2.05) is 38.4 Å². The second-order valence-corrected chi connectivity index (χ2v) is 7.28. The van der Waals surface area contributed by atoms with Gasteiger partial charge in [0.15, 0.2) is 11.2 Å². The third kappa shape index (κ3) is 3.46. The van der Waals surface area contributed by atoms with E-state index in [1.54, 1.807) is 9.13 Å². The number of hydrogen-bond donors (Lipinski definition) is 1. The first-order valence-corrected chi connectivity index (χ1v) is 9.36. The second kappa shape index (κ2) is 7.49. The van der Waals surface area contributed by atoms with Gasteiger partial charge in [-0.15, -0.1) is 0 Å². The van der Waals surface area contributed by atoms with Gasteiger partial charge in [0.05, 0.1) is 6.54 Å². The zero-order valence-corrected chi connectivity index (χ0v) is 16.7. The first-order chi connectivity index (χ1) is 12.4. The molecule has 0 spiro atoms. The van der Waals surface area contributed by atoms with Crippen molar-refractivity contribution in [2.45, 2.75) is 32.9 Å². The van der Waals surface area contributed by atoms with E-state index in [-0.39, 0.29) is 0 Å². The number of halogens is 1. The molecule has 0 radical (unpaired) electrons. The predicted octanol–water partition coefficient (Wildman–Crippen LogP) is 2.62. The average molecular weight is 420 g/mol. The Hall–Kier alpha value is -2.35. The molecule has 0 bridgehead atoms. The summed E-state index contributed by atoms with van der Waals surface area (Å²) < 4.78 is 4.32. The van der Waals surface area contributed by atoms with Crippen LogP contribution in [0.1, 0.15) is 25.6 Å². The first kappa shape index (κ1) is 18.4. The maximum Gasteiger partial charge on any atom is 0.330 e. The van der Waals surface area contributed by atoms with Crippen molar-refractivity contribution in [3.63, 3.8) is 0 Å². The number of anilines is 1. The van der Waals surface area contributed by atoms with Crippen LogP contribution in [0.2, 0.25) is 0 Å². The summed E-state index contributed by atoms with van der Waals surface area (Å²) in [5.41, 5.74) is 1.11. The fourth-order valence-corrected chi connectivity index (χ4v) is 3.36. The molecule has 0 fully saturated rings. The molecule has 3 rings (SSSR count). The normalized spacial score (nSPS) is 11.2. The number of H-pyrrole nitrogens is 1. The molecule has 0 aliphatic heterocycles. The molecule has 0 atom stereocenters. The molecule has 3 aromatic rings. The van der Waals surface area contributed by atoms with Crippen molar-refractivity contribution in [1.29, 1.82) is 0 Å². The van der Waals surface area contributed by atoms with Gasteiger partial charge in [-0.1, -0.05) is 35.3 Å². The Morgan fingerprint density at radius 1 is 1.31 bits per heavy atom. The van der Waals surface area contributed by atoms with Crippen LogP contribution in [-0.2, 0) is 20.1 Å². The van der Waals surface area contributed by atoms with E-state index in [0.717, 1.165) is 28.8 Å². The number of fused-ring (bicyclic) bond motifs is 1. The molecule has 138 valence electrons. The summed E-state index contributed by atoms with van der Waals surface area (Å²) in [6.07, 6.45) is 1.81. The highest BCUT2D eigenvalue weighted by Gasteiger charge is 2.17. The third-order valence-electron chi connectivity index (χ3n) is 4.47. The Morgan fingerprint density at radius 2 is 2.08 bits per heavy atom. The lowest BCUT2D eigenvalue weighted by molar-refractivity contribution is 0.613. The Bertz CT molecular complexity index is 1050. The fraction of sp³-hybridized carbons (Fsp3) is 0.389. The van der Waals surface area contributed by atoms with Crippen molar-refractivity contribution in [2.75, 3.05) is 11.9 Å². The van der Waals surface area contributed by atoms with E-state index in [4.69, 9.17) is 0 Å². The molecule has 0 aliphatic rings. The van der Waals surface area contributed by atoms with Crippen LogP contribution in [0.15, 0.2) is 38.3 Å². The topological polar surface area (TPSA) is 75.9 Å². The van der Waals surface area contributed by atoms with Crippen LogP contribution in [0.5, 0.6) is 0 Å². The zero-order valence-electron chi connectivity index (χ0n) is 15.1. The molecule has 7 nitrogen and oxygen atoms in total. The van der Waals surface area contributed by atoms with Gasteiger partial charge in [0.2, 0.25) is 0 Å². The second-order valence-electron chi connectivity index (χ2n) is 6.36. The Balaban J connectivity index is 2.04. The van der Waals surface area contributed by atoms with Crippen molar-refractivity contribution >= 4 is 32.8 Å². The van der Waals surface area contributed by atoms with E-state index in [9.17, 15) is 9.59 Å². The van der Waals surface area contributed by atoms with Crippen LogP contribution in [0, 0.1) is 0 Å². The third-order valence-corrected chi connectivity index (χ3v) is 4.96. The molecule has 0 saturated heterocycles. The minimum atomic E-state index is -0.402. The molecule has 2 heterocycles. The van der Waals surface area contributed by atoms with Crippen molar-refractivity contribution in [3.8, 4) is 0 Å². The van der Waals surface area contributed by atoms with E-state index in [2.05, 4.69) is 37.7 Å². The van der Waals surface area contributed by atoms with E-state index in [0.29, 0.717) is 24.3 Å². The molecule has 26 heavy (non-hydrogen) atoms. The monoisotopic (exact) mass is 419 g/mol. The van der Waals surface area contributed by atoms with Gasteiger partial charge in [-0.2, -0.15) is 0 Å². The lowest BCUT2D eigenvalue weighted by Crippen LogP contribution is -2.31. The molecule has 1 aromatic carbocycles. The number of nitrogens with zero attached hydrogens (tertiary/aromatic N) is 4. The number of nitrogens with one attached hydrogen (secondary N) is 1. The molecule has 1 N–H and O–H groups in total. The summed E-state index contributed by atoms with van der Waals surface area (Å²) >= 11 is 3.48. The molecule has 8 heteroatoms. The van der Waals surface area contributed by atoms with Gasteiger partial charge in [-0.05, 0) is 24.6 Å². The number of benzene rings is 1. The van der Waals surface area contributed by atoms with Crippen molar-refractivity contribution < 1.29 is 0 Å². The van der Waals surface area contributed by atoms with E-state index < -0.39 is 11.2 Å². The highest BCUT2D eigenvalue weighted by molar-refractivity contribution is 9.10. The number of unbranched alkanes of at least 4 members (excludes halogenated alkanes) is 1. The van der Waals surface area contributed by atoms with Gasteiger partial charge in [0.1, 0.15) is 5.82 Å². The van der Waals surface area contributed by atoms with Crippen LogP contribution >= 0.6 is 15.9 Å². The summed E-state index contributed by atoms with van der Waals surface area (Å²) in [4.78, 5) is 33.6. The van der Waals surface area contributed by atoms with Crippen LogP contribution in [-0.4, -0.2) is 26.1 Å². The largest absolute Gasteiger partial charge is 0.367 e. The minimum Gasteiger partial charge on any atom is -0.367 e. The van der Waals surface area contributed by atoms with E-state index in [1.165, 1.54) is 0 Å². The van der Waals surface area contributed by atoms with E-state index >= 15 is 0 Å². The van der Waals surface area contributed by atoms with Gasteiger partial charge in [-0.3, -0.25) is 14.3 Å². The lowest BCUT2D eigenvalue weighted by Gasteiger charge is -2.19. The molecular formula is C18H22BrN5O2. The first-order valence-electron chi connectivity index (χ1n) is 8.57. The van der Waals surface area contributed by atoms with Crippen LogP contribution < -0.4 is 16.1 Å². The van der Waals surface area contributed by atoms with Gasteiger partial charge in [0, 0.05) is 30.8 Å². The van der Waals surface area contributed by atoms with Gasteiger partial charge in [-0.25, -0.2) is 9.78 Å². The highest BCUT2D eigenvalue weighted by atomic mass is 79.9. The Kier molecular flexibility index (Phi) is 5.31. The molecule has 0 unspecified atom stereocenters. The van der Waals surface area contributed by atoms with Crippen LogP contribution in [0.4, 0.5) is 5.69 Å². The van der Waals surface area contributed by atoms with Crippen LogP contribution in [0.25, 0.3) is 11.2 Å². The summed E-state index contributed by atoms with van der Waals surface area (Å²) in [6, 6.07) is 7.97. The Morgan fingerprint density at radius 3 is 2.77 bits per heavy atom. The molecule has 0 aliphatic carbocycles. The van der Waals surface area contributed by atoms with Crippen molar-refractivity contribution in [3.05, 3.63) is 55.4 Å². The smallest absolute Gasteiger partial charge is 0.330 e. The molecular weight excluding hydrogens is 398 g/mol. The Labute approximate surface area is 159 Å². The number of rotatable bonds is 6. The lowest BCUT2D eigenvalue weighted by atomic mass is 10.3. The van der Waals surface area contributed by atoms with Crippen molar-refractivity contribution in [2.24, 2.45) is 7.05 Å². The number of aromatic nitrogens is 4. The zero-order chi connectivity index (χ0) is 18.8. The molecule has 0 amide bonds. The van der Waals surface area contributed by atoms with Crippen molar-refractivity contribution in [1.82, 2.24) is 19.1 Å². The van der Waals surface area contributed by atoms with Gasteiger partial charge >= 0.3 is 5.69 Å². The average Bonchev–Trinajstić information content (AvgIpc) is 2.91. The SMILES string of the molecule is CCCCn1c(=O)[nH]c(=O)c2c1nc(CN(C)c1cccc(Br)c1)n2C.